The zero-order chi connectivity index (χ0) is 7.83. The minimum atomic E-state index is -0.495. The highest BCUT2D eigenvalue weighted by molar-refractivity contribution is 5.00. The SMILES string of the molecule is CC(N)(CO)C1(C)COC1. The minimum Gasteiger partial charge on any atom is -0.394 e. The third kappa shape index (κ3) is 0.944. The largest absolute Gasteiger partial charge is 0.394 e. The summed E-state index contributed by atoms with van der Waals surface area (Å²) in [4.78, 5) is 0. The van der Waals surface area contributed by atoms with E-state index in [4.69, 9.17) is 15.6 Å². The van der Waals surface area contributed by atoms with E-state index in [9.17, 15) is 0 Å². The summed E-state index contributed by atoms with van der Waals surface area (Å²) in [6.45, 7) is 5.25. The Bertz CT molecular complexity index is 120. The minimum absolute atomic E-state index is 0.0207. The second-order valence-corrected chi connectivity index (χ2v) is 3.63. The van der Waals surface area contributed by atoms with Gasteiger partial charge < -0.3 is 15.6 Å². The normalized spacial score (nSPS) is 28.8. The van der Waals surface area contributed by atoms with Crippen LogP contribution < -0.4 is 5.73 Å². The molecule has 0 aromatic carbocycles. The van der Waals surface area contributed by atoms with Crippen LogP contribution in [0.15, 0.2) is 0 Å². The monoisotopic (exact) mass is 145 g/mol. The van der Waals surface area contributed by atoms with E-state index in [0.29, 0.717) is 13.2 Å². The molecule has 3 nitrogen and oxygen atoms in total. The molecule has 0 aromatic rings. The molecule has 1 aliphatic rings. The van der Waals surface area contributed by atoms with E-state index in [1.165, 1.54) is 0 Å². The Labute approximate surface area is 61.2 Å². The third-order valence-corrected chi connectivity index (χ3v) is 2.55. The van der Waals surface area contributed by atoms with Gasteiger partial charge in [-0.15, -0.1) is 0 Å². The van der Waals surface area contributed by atoms with Crippen LogP contribution in [0.25, 0.3) is 0 Å². The van der Waals surface area contributed by atoms with Crippen molar-refractivity contribution < 1.29 is 9.84 Å². The van der Waals surface area contributed by atoms with Gasteiger partial charge in [-0.25, -0.2) is 0 Å². The van der Waals surface area contributed by atoms with Gasteiger partial charge in [0.1, 0.15) is 0 Å². The van der Waals surface area contributed by atoms with Gasteiger partial charge in [-0.1, -0.05) is 6.92 Å². The maximum atomic E-state index is 8.91. The Balaban J connectivity index is 2.61. The lowest BCUT2D eigenvalue weighted by Gasteiger charge is -2.48. The summed E-state index contributed by atoms with van der Waals surface area (Å²) in [5, 5.41) is 8.91. The fraction of sp³-hybridized carbons (Fsp3) is 1.00. The number of aliphatic hydroxyl groups is 1. The number of hydrogen-bond acceptors (Lipinski definition) is 3. The van der Waals surface area contributed by atoms with E-state index in [0.717, 1.165) is 0 Å². The number of nitrogens with two attached hydrogens (primary N) is 1. The lowest BCUT2D eigenvalue weighted by Crippen LogP contribution is -2.63. The molecule has 0 aromatic heterocycles. The van der Waals surface area contributed by atoms with Crippen molar-refractivity contribution >= 4 is 0 Å². The Kier molecular flexibility index (Phi) is 1.75. The third-order valence-electron chi connectivity index (χ3n) is 2.55. The summed E-state index contributed by atoms with van der Waals surface area (Å²) in [5.74, 6) is 0. The predicted octanol–water partition coefficient (Wildman–Crippen LogP) is -0.267. The van der Waals surface area contributed by atoms with Crippen LogP contribution in [0.1, 0.15) is 13.8 Å². The van der Waals surface area contributed by atoms with Crippen molar-refractivity contribution in [3.8, 4) is 0 Å². The van der Waals surface area contributed by atoms with Gasteiger partial charge >= 0.3 is 0 Å². The Morgan fingerprint density at radius 1 is 1.70 bits per heavy atom. The Morgan fingerprint density at radius 2 is 2.20 bits per heavy atom. The van der Waals surface area contributed by atoms with Crippen LogP contribution in [-0.4, -0.2) is 30.5 Å². The number of ether oxygens (including phenoxy) is 1. The van der Waals surface area contributed by atoms with Gasteiger partial charge in [-0.2, -0.15) is 0 Å². The summed E-state index contributed by atoms with van der Waals surface area (Å²) < 4.78 is 5.03. The summed E-state index contributed by atoms with van der Waals surface area (Å²) in [6.07, 6.45) is 0. The van der Waals surface area contributed by atoms with Crippen LogP contribution >= 0.6 is 0 Å². The van der Waals surface area contributed by atoms with Crippen molar-refractivity contribution in [2.75, 3.05) is 19.8 Å². The quantitative estimate of drug-likeness (QED) is 0.562. The van der Waals surface area contributed by atoms with E-state index in [2.05, 4.69) is 0 Å². The van der Waals surface area contributed by atoms with Crippen LogP contribution in [0.4, 0.5) is 0 Å². The fourth-order valence-electron chi connectivity index (χ4n) is 0.929. The number of aliphatic hydroxyl groups excluding tert-OH is 1. The molecule has 60 valence electrons. The van der Waals surface area contributed by atoms with E-state index in [1.807, 2.05) is 13.8 Å². The zero-order valence-electron chi connectivity index (χ0n) is 6.55. The first-order valence-corrected chi connectivity index (χ1v) is 3.49. The maximum absolute atomic E-state index is 8.91. The highest BCUT2D eigenvalue weighted by atomic mass is 16.5. The van der Waals surface area contributed by atoms with E-state index in [1.54, 1.807) is 0 Å². The Hall–Kier alpha value is -0.120. The number of rotatable bonds is 2. The van der Waals surface area contributed by atoms with Crippen molar-refractivity contribution in [3.63, 3.8) is 0 Å². The number of hydrogen-bond donors (Lipinski definition) is 2. The van der Waals surface area contributed by atoms with Gasteiger partial charge in [0.2, 0.25) is 0 Å². The Morgan fingerprint density at radius 3 is 2.30 bits per heavy atom. The average Bonchev–Trinajstić information content (AvgIpc) is 1.82. The summed E-state index contributed by atoms with van der Waals surface area (Å²) >= 11 is 0. The molecule has 1 heterocycles. The molecule has 0 bridgehead atoms. The van der Waals surface area contributed by atoms with Crippen molar-refractivity contribution in [2.45, 2.75) is 19.4 Å². The summed E-state index contributed by atoms with van der Waals surface area (Å²) in [5.41, 5.74) is 5.30. The molecule has 1 atom stereocenters. The molecule has 10 heavy (non-hydrogen) atoms. The second-order valence-electron chi connectivity index (χ2n) is 3.63. The molecule has 0 radical (unpaired) electrons. The molecule has 1 aliphatic heterocycles. The van der Waals surface area contributed by atoms with Gasteiger partial charge in [-0.3, -0.25) is 0 Å². The first kappa shape index (κ1) is 7.98. The highest BCUT2D eigenvalue weighted by Gasteiger charge is 2.47. The van der Waals surface area contributed by atoms with Gasteiger partial charge in [0.25, 0.3) is 0 Å². The average molecular weight is 145 g/mol. The molecule has 3 heteroatoms. The van der Waals surface area contributed by atoms with Crippen molar-refractivity contribution in [1.29, 1.82) is 0 Å². The van der Waals surface area contributed by atoms with E-state index >= 15 is 0 Å². The lowest BCUT2D eigenvalue weighted by atomic mass is 9.71. The molecule has 0 amide bonds. The van der Waals surface area contributed by atoms with Gasteiger partial charge in [0, 0.05) is 11.0 Å². The first-order valence-electron chi connectivity index (χ1n) is 3.49. The van der Waals surface area contributed by atoms with Gasteiger partial charge in [-0.05, 0) is 6.92 Å². The molecule has 0 saturated carbocycles. The molecule has 3 N–H and O–H groups in total. The van der Waals surface area contributed by atoms with Crippen molar-refractivity contribution in [3.05, 3.63) is 0 Å². The van der Waals surface area contributed by atoms with Gasteiger partial charge in [0.05, 0.1) is 19.8 Å². The highest BCUT2D eigenvalue weighted by Crippen LogP contribution is 2.36. The van der Waals surface area contributed by atoms with Crippen molar-refractivity contribution in [1.82, 2.24) is 0 Å². The molecular formula is C7H15NO2. The van der Waals surface area contributed by atoms with Crippen LogP contribution in [-0.2, 0) is 4.74 Å². The van der Waals surface area contributed by atoms with Gasteiger partial charge in [0.15, 0.2) is 0 Å². The molecule has 1 saturated heterocycles. The molecule has 0 aliphatic carbocycles. The molecule has 1 unspecified atom stereocenters. The smallest absolute Gasteiger partial charge is 0.0615 e. The predicted molar refractivity (Wildman–Crippen MR) is 38.6 cm³/mol. The van der Waals surface area contributed by atoms with Crippen molar-refractivity contribution in [2.24, 2.45) is 11.1 Å². The summed E-state index contributed by atoms with van der Waals surface area (Å²) in [7, 11) is 0. The lowest BCUT2D eigenvalue weighted by molar-refractivity contribution is -0.148. The molecule has 0 spiro atoms. The van der Waals surface area contributed by atoms with Crippen LogP contribution in [0.2, 0.25) is 0 Å². The van der Waals surface area contributed by atoms with E-state index < -0.39 is 5.54 Å². The second kappa shape index (κ2) is 2.19. The summed E-state index contributed by atoms with van der Waals surface area (Å²) in [6, 6.07) is 0. The molecule has 1 fully saturated rings. The zero-order valence-corrected chi connectivity index (χ0v) is 6.55. The molecule has 1 rings (SSSR count). The molecular weight excluding hydrogens is 130 g/mol. The fourth-order valence-corrected chi connectivity index (χ4v) is 0.929. The van der Waals surface area contributed by atoms with Crippen LogP contribution in [0, 0.1) is 5.41 Å². The topological polar surface area (TPSA) is 55.5 Å². The van der Waals surface area contributed by atoms with Crippen LogP contribution in [0.5, 0.6) is 0 Å². The standard InChI is InChI=1S/C7H15NO2/c1-6(4-10-5-6)7(2,8)3-9/h9H,3-5,8H2,1-2H3. The van der Waals surface area contributed by atoms with E-state index in [-0.39, 0.29) is 12.0 Å². The maximum Gasteiger partial charge on any atom is 0.0615 e. The first-order chi connectivity index (χ1) is 4.52. The van der Waals surface area contributed by atoms with Crippen LogP contribution in [0.3, 0.4) is 0 Å².